The van der Waals surface area contributed by atoms with E-state index < -0.39 is 0 Å². The largest absolute Gasteiger partial charge is 0.308 e. The van der Waals surface area contributed by atoms with Gasteiger partial charge >= 0.3 is 0 Å². The van der Waals surface area contributed by atoms with Crippen molar-refractivity contribution in [3.05, 3.63) is 12.2 Å². The quantitative estimate of drug-likeness (QED) is 0.738. The van der Waals surface area contributed by atoms with E-state index in [9.17, 15) is 0 Å². The highest BCUT2D eigenvalue weighted by atomic mass is 15.2. The van der Waals surface area contributed by atoms with Gasteiger partial charge < -0.3 is 10.2 Å². The van der Waals surface area contributed by atoms with Crippen LogP contribution in [0.2, 0.25) is 0 Å². The molecule has 2 aliphatic rings. The number of hydrogen-bond donors (Lipinski definition) is 1. The average molecular weight is 222 g/mol. The van der Waals surface area contributed by atoms with Crippen LogP contribution in [0, 0.1) is 0 Å². The minimum Gasteiger partial charge on any atom is -0.308 e. The fourth-order valence-electron chi connectivity index (χ4n) is 3.10. The molecule has 0 aromatic carbocycles. The fraction of sp³-hybridized carbons (Fsp3) is 0.857. The molecule has 1 aliphatic heterocycles. The van der Waals surface area contributed by atoms with Crippen LogP contribution in [0.3, 0.4) is 0 Å². The Morgan fingerprint density at radius 2 is 2.25 bits per heavy atom. The second-order valence-corrected chi connectivity index (χ2v) is 5.33. The van der Waals surface area contributed by atoms with Crippen LogP contribution in [0.5, 0.6) is 0 Å². The molecule has 0 aromatic heterocycles. The van der Waals surface area contributed by atoms with E-state index in [1.54, 1.807) is 0 Å². The van der Waals surface area contributed by atoms with E-state index in [2.05, 4.69) is 36.2 Å². The van der Waals surface area contributed by atoms with Crippen LogP contribution in [-0.4, -0.2) is 36.1 Å². The maximum Gasteiger partial charge on any atom is 0.0252 e. The number of nitrogens with zero attached hydrogens (tertiary/aromatic N) is 1. The van der Waals surface area contributed by atoms with Crippen LogP contribution in [0.25, 0.3) is 0 Å². The van der Waals surface area contributed by atoms with Gasteiger partial charge in [-0.1, -0.05) is 19.1 Å². The van der Waals surface area contributed by atoms with Crippen molar-refractivity contribution >= 4 is 0 Å². The number of piperidine rings is 1. The molecule has 0 saturated carbocycles. The van der Waals surface area contributed by atoms with Crippen molar-refractivity contribution in [2.45, 2.75) is 64.1 Å². The van der Waals surface area contributed by atoms with Crippen molar-refractivity contribution in [3.63, 3.8) is 0 Å². The summed E-state index contributed by atoms with van der Waals surface area (Å²) in [6.07, 6.45) is 11.3. The van der Waals surface area contributed by atoms with Gasteiger partial charge in [0, 0.05) is 18.1 Å². The molecule has 2 heteroatoms. The smallest absolute Gasteiger partial charge is 0.0252 e. The maximum atomic E-state index is 3.82. The van der Waals surface area contributed by atoms with Crippen LogP contribution in [0.15, 0.2) is 12.2 Å². The second kappa shape index (κ2) is 5.83. The first-order valence-electron chi connectivity index (χ1n) is 6.96. The van der Waals surface area contributed by atoms with Gasteiger partial charge in [0.2, 0.25) is 0 Å². The molecule has 1 fully saturated rings. The van der Waals surface area contributed by atoms with Crippen molar-refractivity contribution < 1.29 is 0 Å². The summed E-state index contributed by atoms with van der Waals surface area (Å²) >= 11 is 0. The molecule has 2 nitrogen and oxygen atoms in total. The summed E-state index contributed by atoms with van der Waals surface area (Å²) in [5, 5.41) is 3.82. The zero-order valence-corrected chi connectivity index (χ0v) is 10.8. The Bertz CT molecular complexity index is 237. The first kappa shape index (κ1) is 12.1. The van der Waals surface area contributed by atoms with Crippen LogP contribution in [-0.2, 0) is 0 Å². The Hall–Kier alpha value is -0.340. The van der Waals surface area contributed by atoms with Crippen LogP contribution < -0.4 is 5.32 Å². The van der Waals surface area contributed by atoms with Gasteiger partial charge in [-0.15, -0.1) is 0 Å². The monoisotopic (exact) mass is 222 g/mol. The van der Waals surface area contributed by atoms with Gasteiger partial charge in [0.05, 0.1) is 0 Å². The summed E-state index contributed by atoms with van der Waals surface area (Å²) in [6, 6.07) is 2.15. The number of rotatable bonds is 3. The van der Waals surface area contributed by atoms with Crippen molar-refractivity contribution in [3.8, 4) is 0 Å². The van der Waals surface area contributed by atoms with E-state index in [-0.39, 0.29) is 0 Å². The molecule has 1 N–H and O–H groups in total. The van der Waals surface area contributed by atoms with Crippen LogP contribution in [0.1, 0.15) is 46.0 Å². The molecule has 0 radical (unpaired) electrons. The van der Waals surface area contributed by atoms with Crippen molar-refractivity contribution in [1.29, 1.82) is 0 Å². The maximum absolute atomic E-state index is 3.82. The van der Waals surface area contributed by atoms with Crippen molar-refractivity contribution in [1.82, 2.24) is 10.2 Å². The molecule has 0 amide bonds. The Morgan fingerprint density at radius 3 is 2.88 bits per heavy atom. The standard InChI is InChI=1S/C14H26N2/c1-3-16-10-9-14(11-12(16)2)15-13-7-5-4-6-8-13/h5,7,12-15H,3-4,6,8-11H2,1-2H3. The number of likely N-dealkylation sites (tertiary alicyclic amines) is 1. The Kier molecular flexibility index (Phi) is 4.42. The summed E-state index contributed by atoms with van der Waals surface area (Å²) in [5.74, 6) is 0. The lowest BCUT2D eigenvalue weighted by Gasteiger charge is -2.38. The van der Waals surface area contributed by atoms with E-state index in [0.717, 1.165) is 12.1 Å². The lowest BCUT2D eigenvalue weighted by Crippen LogP contribution is -2.49. The molecular weight excluding hydrogens is 196 g/mol. The summed E-state index contributed by atoms with van der Waals surface area (Å²) in [6.45, 7) is 7.12. The molecule has 3 unspecified atom stereocenters. The number of nitrogens with one attached hydrogen (secondary N) is 1. The summed E-state index contributed by atoms with van der Waals surface area (Å²) < 4.78 is 0. The first-order chi connectivity index (χ1) is 7.79. The van der Waals surface area contributed by atoms with E-state index in [1.807, 2.05) is 0 Å². The van der Waals surface area contributed by atoms with Gasteiger partial charge in [-0.25, -0.2) is 0 Å². The van der Waals surface area contributed by atoms with E-state index in [1.165, 1.54) is 45.2 Å². The highest BCUT2D eigenvalue weighted by Gasteiger charge is 2.25. The van der Waals surface area contributed by atoms with E-state index >= 15 is 0 Å². The van der Waals surface area contributed by atoms with Crippen LogP contribution in [0.4, 0.5) is 0 Å². The van der Waals surface area contributed by atoms with Gasteiger partial charge in [-0.2, -0.15) is 0 Å². The van der Waals surface area contributed by atoms with Gasteiger partial charge in [-0.05, 0) is 52.1 Å². The zero-order chi connectivity index (χ0) is 11.4. The predicted molar refractivity (Wildman–Crippen MR) is 69.6 cm³/mol. The summed E-state index contributed by atoms with van der Waals surface area (Å²) in [7, 11) is 0. The molecule has 0 spiro atoms. The number of hydrogen-bond acceptors (Lipinski definition) is 2. The van der Waals surface area contributed by atoms with Gasteiger partial charge in [0.25, 0.3) is 0 Å². The third kappa shape index (κ3) is 3.08. The zero-order valence-electron chi connectivity index (χ0n) is 10.8. The summed E-state index contributed by atoms with van der Waals surface area (Å²) in [5.41, 5.74) is 0. The minimum atomic E-state index is 0.652. The lowest BCUT2D eigenvalue weighted by atomic mass is 9.95. The predicted octanol–water partition coefficient (Wildman–Crippen LogP) is 2.56. The van der Waals surface area contributed by atoms with Crippen LogP contribution >= 0.6 is 0 Å². The molecule has 2 rings (SSSR count). The molecule has 16 heavy (non-hydrogen) atoms. The molecule has 3 atom stereocenters. The Balaban J connectivity index is 1.78. The van der Waals surface area contributed by atoms with E-state index in [4.69, 9.17) is 0 Å². The molecule has 0 bridgehead atoms. The molecule has 0 aromatic rings. The SMILES string of the molecule is CCN1CCC(NC2C=CCCC2)CC1C. The average Bonchev–Trinajstić information content (AvgIpc) is 2.31. The Labute approximate surface area is 100 Å². The Morgan fingerprint density at radius 1 is 1.38 bits per heavy atom. The third-order valence-corrected chi connectivity index (χ3v) is 4.12. The molecule has 1 saturated heterocycles. The molecule has 1 aliphatic carbocycles. The topological polar surface area (TPSA) is 15.3 Å². The molecule has 1 heterocycles. The highest BCUT2D eigenvalue weighted by Crippen LogP contribution is 2.19. The third-order valence-electron chi connectivity index (χ3n) is 4.12. The summed E-state index contributed by atoms with van der Waals surface area (Å²) in [4.78, 5) is 2.59. The molecule has 92 valence electrons. The van der Waals surface area contributed by atoms with E-state index in [0.29, 0.717) is 6.04 Å². The van der Waals surface area contributed by atoms with Crippen molar-refractivity contribution in [2.75, 3.05) is 13.1 Å². The highest BCUT2D eigenvalue weighted by molar-refractivity contribution is 4.99. The molecular formula is C14H26N2. The van der Waals surface area contributed by atoms with Crippen molar-refractivity contribution in [2.24, 2.45) is 0 Å². The fourth-order valence-corrected chi connectivity index (χ4v) is 3.10. The first-order valence-corrected chi connectivity index (χ1v) is 6.96. The van der Waals surface area contributed by atoms with Gasteiger partial charge in [0.1, 0.15) is 0 Å². The minimum absolute atomic E-state index is 0.652. The lowest BCUT2D eigenvalue weighted by molar-refractivity contribution is 0.139. The van der Waals surface area contributed by atoms with Gasteiger partial charge in [0.15, 0.2) is 0 Å². The number of allylic oxidation sites excluding steroid dienone is 1. The van der Waals surface area contributed by atoms with Gasteiger partial charge in [-0.3, -0.25) is 0 Å². The second-order valence-electron chi connectivity index (χ2n) is 5.33. The normalized spacial score (nSPS) is 36.5.